The molecule has 1 aliphatic heterocycles. The molecule has 0 aromatic carbocycles. The highest BCUT2D eigenvalue weighted by molar-refractivity contribution is 5.87. The Labute approximate surface area is 122 Å². The minimum absolute atomic E-state index is 0.0167. The number of carbonyl (C=O) groups is 2. The lowest BCUT2D eigenvalue weighted by atomic mass is 10.1. The van der Waals surface area contributed by atoms with E-state index in [1.807, 2.05) is 18.7 Å². The Bertz CT molecular complexity index is 331. The van der Waals surface area contributed by atoms with Crippen molar-refractivity contribution in [3.8, 4) is 0 Å². The van der Waals surface area contributed by atoms with Crippen LogP contribution in [0.15, 0.2) is 0 Å². The average molecular weight is 283 g/mol. The maximum absolute atomic E-state index is 12.3. The molecule has 1 rings (SSSR count). The van der Waals surface area contributed by atoms with Gasteiger partial charge in [-0.2, -0.15) is 0 Å². The fraction of sp³-hybridized carbons (Fsp3) is 0.867. The SMILES string of the molecule is CCC1CCCCCN1C(=O)CNC(=O)[C@@H](N)C(C)C. The smallest absolute Gasteiger partial charge is 0.242 e. The summed E-state index contributed by atoms with van der Waals surface area (Å²) in [6.45, 7) is 6.78. The van der Waals surface area contributed by atoms with Crippen LogP contribution in [-0.2, 0) is 9.59 Å². The van der Waals surface area contributed by atoms with Gasteiger partial charge in [-0.3, -0.25) is 9.59 Å². The van der Waals surface area contributed by atoms with Crippen LogP contribution in [0.1, 0.15) is 52.9 Å². The molecule has 2 atom stereocenters. The van der Waals surface area contributed by atoms with Gasteiger partial charge in [0, 0.05) is 12.6 Å². The molecule has 3 N–H and O–H groups in total. The maximum Gasteiger partial charge on any atom is 0.242 e. The third kappa shape index (κ3) is 4.78. The molecule has 0 aromatic heterocycles. The molecule has 0 aromatic rings. The van der Waals surface area contributed by atoms with Gasteiger partial charge in [-0.15, -0.1) is 0 Å². The number of nitrogens with zero attached hydrogens (tertiary/aromatic N) is 1. The van der Waals surface area contributed by atoms with E-state index in [-0.39, 0.29) is 24.3 Å². The van der Waals surface area contributed by atoms with E-state index in [1.54, 1.807) is 0 Å². The van der Waals surface area contributed by atoms with Crippen molar-refractivity contribution in [2.75, 3.05) is 13.1 Å². The molecule has 1 saturated heterocycles. The van der Waals surface area contributed by atoms with E-state index in [0.29, 0.717) is 6.04 Å². The van der Waals surface area contributed by atoms with Crippen LogP contribution >= 0.6 is 0 Å². The summed E-state index contributed by atoms with van der Waals surface area (Å²) in [5.74, 6) is -0.147. The Morgan fingerprint density at radius 1 is 1.30 bits per heavy atom. The number of amides is 2. The minimum atomic E-state index is -0.547. The molecule has 0 bridgehead atoms. The van der Waals surface area contributed by atoms with E-state index >= 15 is 0 Å². The first-order chi connectivity index (χ1) is 9.47. The highest BCUT2D eigenvalue weighted by Gasteiger charge is 2.25. The Morgan fingerprint density at radius 3 is 2.60 bits per heavy atom. The van der Waals surface area contributed by atoms with Crippen molar-refractivity contribution in [3.63, 3.8) is 0 Å². The lowest BCUT2D eigenvalue weighted by Crippen LogP contribution is -2.49. The quantitative estimate of drug-likeness (QED) is 0.798. The molecule has 1 unspecified atom stereocenters. The number of carbonyl (C=O) groups excluding carboxylic acids is 2. The van der Waals surface area contributed by atoms with Gasteiger partial charge < -0.3 is 16.0 Å². The molecule has 5 nitrogen and oxygen atoms in total. The molecule has 0 spiro atoms. The molecule has 2 amide bonds. The van der Waals surface area contributed by atoms with Gasteiger partial charge in [-0.1, -0.05) is 33.6 Å². The van der Waals surface area contributed by atoms with Crippen LogP contribution in [0.4, 0.5) is 0 Å². The van der Waals surface area contributed by atoms with Crippen molar-refractivity contribution in [2.45, 2.75) is 65.0 Å². The van der Waals surface area contributed by atoms with Crippen LogP contribution in [0.3, 0.4) is 0 Å². The number of rotatable bonds is 5. The first-order valence-corrected chi connectivity index (χ1v) is 7.80. The van der Waals surface area contributed by atoms with Crippen LogP contribution in [0.2, 0.25) is 0 Å². The van der Waals surface area contributed by atoms with Crippen molar-refractivity contribution in [1.82, 2.24) is 10.2 Å². The van der Waals surface area contributed by atoms with E-state index in [1.165, 1.54) is 12.8 Å². The third-order valence-electron chi connectivity index (χ3n) is 4.10. The number of hydrogen-bond donors (Lipinski definition) is 2. The summed E-state index contributed by atoms with van der Waals surface area (Å²) in [6, 6.07) is -0.227. The van der Waals surface area contributed by atoms with Crippen LogP contribution < -0.4 is 11.1 Å². The largest absolute Gasteiger partial charge is 0.346 e. The van der Waals surface area contributed by atoms with Crippen LogP contribution in [0.5, 0.6) is 0 Å². The lowest BCUT2D eigenvalue weighted by molar-refractivity contribution is -0.135. The molecule has 0 aliphatic carbocycles. The summed E-state index contributed by atoms with van der Waals surface area (Å²) in [5.41, 5.74) is 5.77. The van der Waals surface area contributed by atoms with E-state index in [2.05, 4.69) is 12.2 Å². The van der Waals surface area contributed by atoms with Crippen molar-refractivity contribution in [3.05, 3.63) is 0 Å². The van der Waals surface area contributed by atoms with Crippen molar-refractivity contribution >= 4 is 11.8 Å². The second-order valence-corrected chi connectivity index (χ2v) is 5.99. The van der Waals surface area contributed by atoms with Gasteiger partial charge >= 0.3 is 0 Å². The van der Waals surface area contributed by atoms with E-state index in [9.17, 15) is 9.59 Å². The zero-order chi connectivity index (χ0) is 15.1. The Morgan fingerprint density at radius 2 is 2.00 bits per heavy atom. The summed E-state index contributed by atoms with van der Waals surface area (Å²) < 4.78 is 0. The molecule has 5 heteroatoms. The monoisotopic (exact) mass is 283 g/mol. The molecule has 1 fully saturated rings. The first kappa shape index (κ1) is 17.0. The van der Waals surface area contributed by atoms with Gasteiger partial charge in [-0.25, -0.2) is 0 Å². The second-order valence-electron chi connectivity index (χ2n) is 5.99. The summed E-state index contributed by atoms with van der Waals surface area (Å²) in [6.07, 6.45) is 5.48. The van der Waals surface area contributed by atoms with Gasteiger partial charge in [0.25, 0.3) is 0 Å². The Hall–Kier alpha value is -1.10. The molecule has 0 radical (unpaired) electrons. The molecule has 116 valence electrons. The van der Waals surface area contributed by atoms with Gasteiger partial charge in [0.05, 0.1) is 12.6 Å². The third-order valence-corrected chi connectivity index (χ3v) is 4.10. The van der Waals surface area contributed by atoms with Crippen LogP contribution in [-0.4, -0.2) is 41.9 Å². The molecule has 20 heavy (non-hydrogen) atoms. The van der Waals surface area contributed by atoms with E-state index < -0.39 is 6.04 Å². The molecule has 0 saturated carbocycles. The van der Waals surface area contributed by atoms with Gasteiger partial charge in [0.15, 0.2) is 0 Å². The number of hydrogen-bond acceptors (Lipinski definition) is 3. The highest BCUT2D eigenvalue weighted by Crippen LogP contribution is 2.19. The van der Waals surface area contributed by atoms with Crippen LogP contribution in [0.25, 0.3) is 0 Å². The molecule has 1 heterocycles. The molecular weight excluding hydrogens is 254 g/mol. The highest BCUT2D eigenvalue weighted by atomic mass is 16.2. The fourth-order valence-corrected chi connectivity index (χ4v) is 2.62. The van der Waals surface area contributed by atoms with Gasteiger partial charge in [0.2, 0.25) is 11.8 Å². The summed E-state index contributed by atoms with van der Waals surface area (Å²) >= 11 is 0. The lowest BCUT2D eigenvalue weighted by Gasteiger charge is -2.29. The van der Waals surface area contributed by atoms with Crippen molar-refractivity contribution in [2.24, 2.45) is 11.7 Å². The standard InChI is InChI=1S/C15H29N3O2/c1-4-12-8-6-5-7-9-18(12)13(19)10-17-15(20)14(16)11(2)3/h11-12,14H,4-10,16H2,1-3H3,(H,17,20)/t12?,14-/m0/s1. The average Bonchev–Trinajstić information content (AvgIpc) is 2.68. The Kier molecular flexibility index (Phi) is 6.99. The molecule has 1 aliphatic rings. The summed E-state index contributed by atoms with van der Waals surface area (Å²) in [5, 5.41) is 2.67. The van der Waals surface area contributed by atoms with E-state index in [0.717, 1.165) is 25.8 Å². The fourth-order valence-electron chi connectivity index (χ4n) is 2.62. The molecular formula is C15H29N3O2. The normalized spacial score (nSPS) is 21.4. The summed E-state index contributed by atoms with van der Waals surface area (Å²) in [7, 11) is 0. The topological polar surface area (TPSA) is 75.4 Å². The Balaban J connectivity index is 2.50. The maximum atomic E-state index is 12.3. The minimum Gasteiger partial charge on any atom is -0.346 e. The first-order valence-electron chi connectivity index (χ1n) is 7.80. The van der Waals surface area contributed by atoms with E-state index in [4.69, 9.17) is 5.73 Å². The van der Waals surface area contributed by atoms with Gasteiger partial charge in [0.1, 0.15) is 0 Å². The predicted octanol–water partition coefficient (Wildman–Crippen LogP) is 1.27. The van der Waals surface area contributed by atoms with Gasteiger partial charge in [-0.05, 0) is 25.2 Å². The zero-order valence-corrected chi connectivity index (χ0v) is 13.0. The van der Waals surface area contributed by atoms with Crippen molar-refractivity contribution in [1.29, 1.82) is 0 Å². The predicted molar refractivity (Wildman–Crippen MR) is 80.1 cm³/mol. The van der Waals surface area contributed by atoms with Crippen LogP contribution in [0, 0.1) is 5.92 Å². The number of nitrogens with one attached hydrogen (secondary N) is 1. The summed E-state index contributed by atoms with van der Waals surface area (Å²) in [4.78, 5) is 26.0. The van der Waals surface area contributed by atoms with Crippen molar-refractivity contribution < 1.29 is 9.59 Å². The number of nitrogens with two attached hydrogens (primary N) is 1. The number of likely N-dealkylation sites (tertiary alicyclic amines) is 1. The zero-order valence-electron chi connectivity index (χ0n) is 13.0. The second kappa shape index (κ2) is 8.25.